The summed E-state index contributed by atoms with van der Waals surface area (Å²) in [4.78, 5) is 27.5. The van der Waals surface area contributed by atoms with E-state index < -0.39 is 0 Å². The lowest BCUT2D eigenvalue weighted by atomic mass is 9.86. The fraction of sp³-hybridized carbons (Fsp3) is 0.625. The molecule has 172 valence electrons. The Balaban J connectivity index is 1.34. The highest BCUT2D eigenvalue weighted by molar-refractivity contribution is 5.95. The van der Waals surface area contributed by atoms with Gasteiger partial charge in [-0.1, -0.05) is 19.8 Å². The molecule has 2 aliphatic carbocycles. The van der Waals surface area contributed by atoms with E-state index in [-0.39, 0.29) is 24.4 Å². The first-order valence-corrected chi connectivity index (χ1v) is 11.9. The Morgan fingerprint density at radius 2 is 1.97 bits per heavy atom. The largest absolute Gasteiger partial charge is 0.455 e. The standard InChI is InChI=1S/C24H32N4O4/c1-15-5-3-4-6-18(15)25-20(29)14-28-13-17-7-8-19-21(22(17)26-28)16(2)23(32-19)24(30)27-9-11-31-12-10-27/h13,15,18H,3-12,14H2,1-2H3,(H,25,29)/t15-,18+/m1/s1. The van der Waals surface area contributed by atoms with Crippen molar-refractivity contribution in [2.75, 3.05) is 26.3 Å². The quantitative estimate of drug-likeness (QED) is 0.790. The number of aryl methyl sites for hydroxylation is 2. The van der Waals surface area contributed by atoms with Gasteiger partial charge in [-0.05, 0) is 37.7 Å². The van der Waals surface area contributed by atoms with E-state index >= 15 is 0 Å². The molecule has 2 amide bonds. The molecule has 1 saturated carbocycles. The van der Waals surface area contributed by atoms with Crippen molar-refractivity contribution in [3.8, 4) is 11.3 Å². The summed E-state index contributed by atoms with van der Waals surface area (Å²) in [5.41, 5.74) is 3.70. The van der Waals surface area contributed by atoms with Gasteiger partial charge in [0, 0.05) is 42.9 Å². The van der Waals surface area contributed by atoms with Crippen LogP contribution < -0.4 is 5.32 Å². The first-order valence-electron chi connectivity index (χ1n) is 11.9. The zero-order valence-electron chi connectivity index (χ0n) is 19.0. The molecule has 0 unspecified atom stereocenters. The van der Waals surface area contributed by atoms with Crippen molar-refractivity contribution in [3.05, 3.63) is 28.8 Å². The Bertz CT molecular complexity index is 1020. The van der Waals surface area contributed by atoms with Gasteiger partial charge in [-0.25, -0.2) is 0 Å². The van der Waals surface area contributed by atoms with Crippen molar-refractivity contribution in [2.24, 2.45) is 5.92 Å². The molecule has 1 N–H and O–H groups in total. The minimum Gasteiger partial charge on any atom is -0.455 e. The number of amides is 2. The van der Waals surface area contributed by atoms with E-state index in [4.69, 9.17) is 14.3 Å². The summed E-state index contributed by atoms with van der Waals surface area (Å²) in [6, 6.07) is 0.262. The number of rotatable bonds is 4. The smallest absolute Gasteiger partial charge is 0.290 e. The van der Waals surface area contributed by atoms with Gasteiger partial charge in [0.15, 0.2) is 5.76 Å². The Kier molecular flexibility index (Phi) is 5.80. The number of morpholine rings is 1. The number of hydrogen-bond donors (Lipinski definition) is 1. The average Bonchev–Trinajstić information content (AvgIpc) is 3.35. The normalized spacial score (nSPS) is 22.9. The summed E-state index contributed by atoms with van der Waals surface area (Å²) in [5, 5.41) is 7.95. The van der Waals surface area contributed by atoms with Gasteiger partial charge >= 0.3 is 0 Å². The molecule has 8 nitrogen and oxygen atoms in total. The van der Waals surface area contributed by atoms with E-state index in [1.165, 1.54) is 19.3 Å². The van der Waals surface area contributed by atoms with Crippen LogP contribution in [-0.2, 0) is 28.9 Å². The van der Waals surface area contributed by atoms with Crippen LogP contribution in [0.4, 0.5) is 0 Å². The number of nitrogens with one attached hydrogen (secondary N) is 1. The van der Waals surface area contributed by atoms with E-state index in [1.807, 2.05) is 13.1 Å². The first-order chi connectivity index (χ1) is 15.5. The molecule has 5 rings (SSSR count). The SMILES string of the molecule is Cc1c(C(=O)N2CCOCC2)oc2c1-c1nn(CC(=O)N[C@H]3CCCC[C@H]3C)cc1CC2. The highest BCUT2D eigenvalue weighted by Crippen LogP contribution is 2.38. The maximum Gasteiger partial charge on any atom is 0.290 e. The second-order valence-electron chi connectivity index (χ2n) is 9.40. The van der Waals surface area contributed by atoms with Crippen molar-refractivity contribution in [1.82, 2.24) is 20.0 Å². The summed E-state index contributed by atoms with van der Waals surface area (Å²) < 4.78 is 13.1. The molecule has 8 heteroatoms. The van der Waals surface area contributed by atoms with E-state index in [9.17, 15) is 9.59 Å². The predicted molar refractivity (Wildman–Crippen MR) is 118 cm³/mol. The van der Waals surface area contributed by atoms with E-state index in [2.05, 4.69) is 12.2 Å². The third kappa shape index (κ3) is 3.96. The second kappa shape index (κ2) is 8.73. The predicted octanol–water partition coefficient (Wildman–Crippen LogP) is 2.72. The number of aromatic nitrogens is 2. The summed E-state index contributed by atoms with van der Waals surface area (Å²) in [6.45, 7) is 6.64. The molecule has 1 aliphatic heterocycles. The minimum atomic E-state index is -0.0813. The van der Waals surface area contributed by atoms with Crippen LogP contribution >= 0.6 is 0 Å². The molecular formula is C24H32N4O4. The maximum atomic E-state index is 13.0. The van der Waals surface area contributed by atoms with Gasteiger partial charge in [0.25, 0.3) is 5.91 Å². The van der Waals surface area contributed by atoms with Crippen molar-refractivity contribution in [2.45, 2.75) is 65.0 Å². The molecule has 2 aromatic rings. The van der Waals surface area contributed by atoms with Crippen molar-refractivity contribution < 1.29 is 18.7 Å². The lowest BCUT2D eigenvalue weighted by Gasteiger charge is -2.29. The molecule has 0 radical (unpaired) electrons. The highest BCUT2D eigenvalue weighted by Gasteiger charge is 2.32. The van der Waals surface area contributed by atoms with E-state index in [0.29, 0.717) is 38.0 Å². The van der Waals surface area contributed by atoms with Crippen LogP contribution in [0.2, 0.25) is 0 Å². The zero-order chi connectivity index (χ0) is 22.2. The second-order valence-corrected chi connectivity index (χ2v) is 9.40. The molecule has 3 heterocycles. The van der Waals surface area contributed by atoms with Crippen LogP contribution in [0.25, 0.3) is 11.3 Å². The summed E-state index contributed by atoms with van der Waals surface area (Å²) in [5.74, 6) is 1.68. The first kappa shape index (κ1) is 21.2. The van der Waals surface area contributed by atoms with Crippen molar-refractivity contribution in [3.63, 3.8) is 0 Å². The fourth-order valence-corrected chi connectivity index (χ4v) is 5.29. The minimum absolute atomic E-state index is 0.0101. The molecule has 2 atom stereocenters. The molecule has 3 aliphatic rings. The average molecular weight is 441 g/mol. The number of hydrogen-bond acceptors (Lipinski definition) is 5. The van der Waals surface area contributed by atoms with E-state index in [0.717, 1.165) is 47.4 Å². The molecule has 0 bridgehead atoms. The van der Waals surface area contributed by atoms with Gasteiger partial charge in [0.2, 0.25) is 5.91 Å². The molecule has 1 saturated heterocycles. The van der Waals surface area contributed by atoms with Crippen LogP contribution in [0.15, 0.2) is 10.6 Å². The van der Waals surface area contributed by atoms with Crippen LogP contribution in [-0.4, -0.2) is 58.8 Å². The summed E-state index contributed by atoms with van der Waals surface area (Å²) in [6.07, 6.45) is 8.16. The lowest BCUT2D eigenvalue weighted by molar-refractivity contribution is -0.123. The molecular weight excluding hydrogens is 408 g/mol. The van der Waals surface area contributed by atoms with Crippen LogP contribution in [0.1, 0.15) is 60.0 Å². The van der Waals surface area contributed by atoms with Crippen molar-refractivity contribution >= 4 is 11.8 Å². The summed E-state index contributed by atoms with van der Waals surface area (Å²) in [7, 11) is 0. The molecule has 0 aromatic carbocycles. The number of carbonyl (C=O) groups excluding carboxylic acids is 2. The number of furan rings is 1. The molecule has 0 spiro atoms. The van der Waals surface area contributed by atoms with Crippen molar-refractivity contribution in [1.29, 1.82) is 0 Å². The third-order valence-corrected chi connectivity index (χ3v) is 7.17. The Morgan fingerprint density at radius 1 is 1.19 bits per heavy atom. The van der Waals surface area contributed by atoms with E-state index in [1.54, 1.807) is 9.58 Å². The van der Waals surface area contributed by atoms with Crippen LogP contribution in [0, 0.1) is 12.8 Å². The van der Waals surface area contributed by atoms with Gasteiger partial charge in [-0.15, -0.1) is 0 Å². The lowest BCUT2D eigenvalue weighted by Crippen LogP contribution is -2.42. The number of carbonyl (C=O) groups is 2. The fourth-order valence-electron chi connectivity index (χ4n) is 5.29. The number of nitrogens with zero attached hydrogens (tertiary/aromatic N) is 3. The Morgan fingerprint density at radius 3 is 2.75 bits per heavy atom. The van der Waals surface area contributed by atoms with Gasteiger partial charge in [-0.3, -0.25) is 14.3 Å². The van der Waals surface area contributed by atoms with Gasteiger partial charge in [0.1, 0.15) is 12.3 Å². The van der Waals surface area contributed by atoms with Crippen LogP contribution in [0.5, 0.6) is 0 Å². The van der Waals surface area contributed by atoms with Gasteiger partial charge < -0.3 is 19.4 Å². The maximum absolute atomic E-state index is 13.0. The number of fused-ring (bicyclic) bond motifs is 3. The number of ether oxygens (including phenoxy) is 1. The molecule has 32 heavy (non-hydrogen) atoms. The van der Waals surface area contributed by atoms with Crippen LogP contribution in [0.3, 0.4) is 0 Å². The summed E-state index contributed by atoms with van der Waals surface area (Å²) >= 11 is 0. The third-order valence-electron chi connectivity index (χ3n) is 7.17. The highest BCUT2D eigenvalue weighted by atomic mass is 16.5. The molecule has 2 fully saturated rings. The van der Waals surface area contributed by atoms with Gasteiger partial charge in [0.05, 0.1) is 18.9 Å². The Hall–Kier alpha value is -2.61. The molecule has 2 aromatic heterocycles. The zero-order valence-corrected chi connectivity index (χ0v) is 19.0. The topological polar surface area (TPSA) is 89.6 Å². The van der Waals surface area contributed by atoms with Gasteiger partial charge in [-0.2, -0.15) is 5.10 Å². The monoisotopic (exact) mass is 440 g/mol. The Labute approximate surface area is 188 Å².